The molecule has 2 aliphatic heterocycles. The number of amides is 4. The van der Waals surface area contributed by atoms with Crippen LogP contribution >= 0.6 is 0 Å². The Balaban J connectivity index is 0.979. The minimum absolute atomic E-state index is 0.0919. The minimum Gasteiger partial charge on any atom is -0.343 e. The maximum absolute atomic E-state index is 14.8. The number of nitrogens with zero attached hydrogens (tertiary/aromatic N) is 4. The lowest BCUT2D eigenvalue weighted by Gasteiger charge is -2.39. The zero-order valence-electron chi connectivity index (χ0n) is 42.2. The van der Waals surface area contributed by atoms with Gasteiger partial charge in [0, 0.05) is 50.3 Å². The molecule has 6 aliphatic rings. The molecule has 2 unspecified atom stereocenters. The predicted octanol–water partition coefficient (Wildman–Crippen LogP) is 7.07. The number of hydrogen-bond acceptors (Lipinski definition) is 8. The van der Waals surface area contributed by atoms with E-state index in [2.05, 4.69) is 89.4 Å². The van der Waals surface area contributed by atoms with Crippen molar-refractivity contribution in [2.75, 3.05) is 53.4 Å². The molecule has 374 valence electrons. The predicted molar refractivity (Wildman–Crippen MR) is 271 cm³/mol. The van der Waals surface area contributed by atoms with E-state index in [1.54, 1.807) is 14.1 Å². The van der Waals surface area contributed by atoms with E-state index in [0.717, 1.165) is 155 Å². The second-order valence-corrected chi connectivity index (χ2v) is 21.6. The Morgan fingerprint density at radius 2 is 0.941 bits per heavy atom. The molecule has 68 heavy (non-hydrogen) atoms. The summed E-state index contributed by atoms with van der Waals surface area (Å²) in [5.74, 6) is 0.415. The van der Waals surface area contributed by atoms with E-state index in [9.17, 15) is 19.2 Å². The fourth-order valence-corrected chi connectivity index (χ4v) is 13.3. The van der Waals surface area contributed by atoms with Crippen LogP contribution in [0, 0.1) is 11.8 Å². The summed E-state index contributed by atoms with van der Waals surface area (Å²) < 4.78 is 0. The van der Waals surface area contributed by atoms with Crippen molar-refractivity contribution in [1.29, 1.82) is 0 Å². The minimum atomic E-state index is -0.475. The van der Waals surface area contributed by atoms with Crippen LogP contribution < -0.4 is 21.3 Å². The first-order valence-corrected chi connectivity index (χ1v) is 27.3. The Hall–Kier alpha value is -3.84. The van der Waals surface area contributed by atoms with Crippen LogP contribution in [0.25, 0.3) is 0 Å². The van der Waals surface area contributed by atoms with Gasteiger partial charge in [-0.3, -0.25) is 29.0 Å². The molecule has 2 aromatic rings. The third-order valence-electron chi connectivity index (χ3n) is 17.5. The molecule has 8 rings (SSSR count). The average molecular weight is 935 g/mol. The molecule has 0 bridgehead atoms. The quantitative estimate of drug-likeness (QED) is 0.0980. The number of nitrogens with one attached hydrogen (secondary N) is 4. The third-order valence-corrected chi connectivity index (χ3v) is 17.5. The Morgan fingerprint density at radius 1 is 0.544 bits per heavy atom. The first-order chi connectivity index (χ1) is 33.1. The van der Waals surface area contributed by atoms with Gasteiger partial charge in [-0.2, -0.15) is 0 Å². The van der Waals surface area contributed by atoms with Gasteiger partial charge in [0.15, 0.2) is 0 Å². The van der Waals surface area contributed by atoms with Gasteiger partial charge in [0.2, 0.25) is 23.6 Å². The van der Waals surface area contributed by atoms with Crippen LogP contribution in [0.5, 0.6) is 0 Å². The van der Waals surface area contributed by atoms with E-state index < -0.39 is 12.1 Å². The number of rotatable bonds is 21. The van der Waals surface area contributed by atoms with Crippen LogP contribution in [0.1, 0.15) is 164 Å². The second-order valence-electron chi connectivity index (χ2n) is 21.6. The first kappa shape index (κ1) is 50.5. The highest BCUT2D eigenvalue weighted by molar-refractivity contribution is 5.91. The van der Waals surface area contributed by atoms with Crippen molar-refractivity contribution < 1.29 is 19.2 Å². The van der Waals surface area contributed by atoms with Crippen molar-refractivity contribution in [3.63, 3.8) is 0 Å². The van der Waals surface area contributed by atoms with Gasteiger partial charge < -0.3 is 31.1 Å². The van der Waals surface area contributed by atoms with Crippen molar-refractivity contribution >= 4 is 23.6 Å². The van der Waals surface area contributed by atoms with Gasteiger partial charge >= 0.3 is 0 Å². The number of fused-ring (bicyclic) bond motifs is 2. The molecule has 2 saturated carbocycles. The highest BCUT2D eigenvalue weighted by atomic mass is 16.2. The average Bonchev–Trinajstić information content (AvgIpc) is 4.22. The highest BCUT2D eigenvalue weighted by Crippen LogP contribution is 2.40. The van der Waals surface area contributed by atoms with Crippen molar-refractivity contribution in [1.82, 2.24) is 40.9 Å². The van der Waals surface area contributed by atoms with Crippen LogP contribution in [0.3, 0.4) is 0 Å². The van der Waals surface area contributed by atoms with E-state index in [1.807, 2.05) is 13.8 Å². The van der Waals surface area contributed by atoms with Gasteiger partial charge in [-0.05, 0) is 165 Å². The Bertz CT molecular complexity index is 1840. The van der Waals surface area contributed by atoms with Crippen LogP contribution in [0.2, 0.25) is 0 Å². The number of carbonyl (C=O) groups is 4. The van der Waals surface area contributed by atoms with E-state index in [1.165, 1.54) is 35.1 Å². The summed E-state index contributed by atoms with van der Waals surface area (Å²) in [6.45, 7) is 8.83. The summed E-state index contributed by atoms with van der Waals surface area (Å²) >= 11 is 0. The zero-order valence-corrected chi connectivity index (χ0v) is 42.2. The normalized spacial score (nSPS) is 25.0. The molecule has 2 aromatic carbocycles. The van der Waals surface area contributed by atoms with E-state index in [-0.39, 0.29) is 59.6 Å². The summed E-state index contributed by atoms with van der Waals surface area (Å²) in [6.07, 6.45) is 21.2. The van der Waals surface area contributed by atoms with Gasteiger partial charge in [-0.15, -0.1) is 0 Å². The zero-order chi connectivity index (χ0) is 47.6. The molecule has 4 aliphatic carbocycles. The molecule has 2 saturated heterocycles. The number of benzene rings is 2. The topological polar surface area (TPSA) is 129 Å². The summed E-state index contributed by atoms with van der Waals surface area (Å²) in [7, 11) is 3.60. The number of likely N-dealkylation sites (N-methyl/N-ethyl adjacent to an activating group) is 2. The Labute approximate surface area is 408 Å². The standard InChI is InChI=1S/C56H86N8O4/c1-39(57-3)53(65)59-51(43-21-7-5-8-22-43)55(67)63-35-17-25-45(63)37-61(49-31-29-41-19-11-13-27-47(41)49)33-15-16-34-62(50-32-30-42-20-12-14-28-48(42)50)38-46-26-18-36-64(46)56(68)52(44-23-9-6-10-24-44)60-54(66)40(2)58-4/h11-14,19-20,27-28,39-40,43-46,49-52,57-58H,5-10,15-18,21-26,29-38H2,1-4H3,(H,59,65)(H,60,66)/t39-,40-,45-,46-,49?,50?,51-,52+/m0/s1. The van der Waals surface area contributed by atoms with Gasteiger partial charge in [0.05, 0.1) is 12.1 Å². The van der Waals surface area contributed by atoms with E-state index in [4.69, 9.17) is 0 Å². The SMILES string of the molecule is CN[C@@H](C)C(=O)N[C@H](C(=O)N1CCC[C@H]1CN(CCCCN(C[C@@H]1CCCN1C(=O)[C@H](NC(=O)[C@H](C)NC)C1CCCCC1)C1CCc2ccccc21)C1CCc2ccccc21)C1CCCCC1. The molecule has 0 aromatic heterocycles. The largest absolute Gasteiger partial charge is 0.343 e. The fourth-order valence-electron chi connectivity index (χ4n) is 13.3. The first-order valence-electron chi connectivity index (χ1n) is 27.3. The molecule has 4 N–H and O–H groups in total. The smallest absolute Gasteiger partial charge is 0.245 e. The maximum atomic E-state index is 14.8. The molecular formula is C56H86N8O4. The third kappa shape index (κ3) is 12.0. The number of hydrogen-bond donors (Lipinski definition) is 4. The molecule has 8 atom stereocenters. The fraction of sp³-hybridized carbons (Fsp3) is 0.714. The Morgan fingerprint density at radius 3 is 1.34 bits per heavy atom. The van der Waals surface area contributed by atoms with E-state index >= 15 is 0 Å². The molecule has 0 radical (unpaired) electrons. The molecule has 12 nitrogen and oxygen atoms in total. The molecule has 2 heterocycles. The van der Waals surface area contributed by atoms with E-state index in [0.29, 0.717) is 12.1 Å². The molecular weight excluding hydrogens is 849 g/mol. The second kappa shape index (κ2) is 24.3. The molecule has 4 fully saturated rings. The van der Waals surface area contributed by atoms with Crippen molar-refractivity contribution in [2.24, 2.45) is 11.8 Å². The molecule has 4 amide bonds. The van der Waals surface area contributed by atoms with Crippen LogP contribution in [0.15, 0.2) is 48.5 Å². The van der Waals surface area contributed by atoms with Crippen molar-refractivity contribution in [3.8, 4) is 0 Å². The van der Waals surface area contributed by atoms with Gasteiger partial charge in [0.25, 0.3) is 0 Å². The lowest BCUT2D eigenvalue weighted by molar-refractivity contribution is -0.140. The van der Waals surface area contributed by atoms with Gasteiger partial charge in [-0.25, -0.2) is 0 Å². The van der Waals surface area contributed by atoms with Crippen LogP contribution in [0.4, 0.5) is 0 Å². The van der Waals surface area contributed by atoms with Crippen LogP contribution in [-0.2, 0) is 32.0 Å². The summed E-state index contributed by atoms with van der Waals surface area (Å²) in [5, 5.41) is 12.7. The number of carbonyl (C=O) groups excluding carboxylic acids is 4. The summed E-state index contributed by atoms with van der Waals surface area (Å²) in [5.41, 5.74) is 5.78. The van der Waals surface area contributed by atoms with Gasteiger partial charge in [-0.1, -0.05) is 87.1 Å². The lowest BCUT2D eigenvalue weighted by Crippen LogP contribution is -2.57. The van der Waals surface area contributed by atoms with Crippen LogP contribution in [-0.4, -0.2) is 133 Å². The highest BCUT2D eigenvalue weighted by Gasteiger charge is 2.42. The molecule has 0 spiro atoms. The number of aryl methyl sites for hydroxylation is 2. The summed E-state index contributed by atoms with van der Waals surface area (Å²) in [4.78, 5) is 66.0. The maximum Gasteiger partial charge on any atom is 0.245 e. The van der Waals surface area contributed by atoms with Crippen molar-refractivity contribution in [2.45, 2.75) is 191 Å². The van der Waals surface area contributed by atoms with Crippen molar-refractivity contribution in [3.05, 3.63) is 70.8 Å². The Kier molecular flexibility index (Phi) is 18.1. The summed E-state index contributed by atoms with van der Waals surface area (Å²) in [6, 6.07) is 17.2. The lowest BCUT2D eigenvalue weighted by atomic mass is 9.83. The van der Waals surface area contributed by atoms with Gasteiger partial charge in [0.1, 0.15) is 12.1 Å². The monoisotopic (exact) mass is 935 g/mol. The molecule has 12 heteroatoms. The number of likely N-dealkylation sites (tertiary alicyclic amines) is 2. The number of unbranched alkanes of at least 4 members (excludes halogenated alkanes) is 1.